The highest BCUT2D eigenvalue weighted by atomic mass is 19.1. The molecule has 0 radical (unpaired) electrons. The number of rotatable bonds is 8. The van der Waals surface area contributed by atoms with Crippen LogP contribution in [0.1, 0.15) is 71.2 Å². The second-order valence-electron chi connectivity index (χ2n) is 11.9. The summed E-state index contributed by atoms with van der Waals surface area (Å²) in [7, 11) is 1.88. The number of ether oxygens (including phenoxy) is 2. The highest BCUT2D eigenvalue weighted by Crippen LogP contribution is 2.41. The molecule has 0 aliphatic carbocycles. The summed E-state index contributed by atoms with van der Waals surface area (Å²) in [5.41, 5.74) is 4.70. The number of allylic oxidation sites excluding steroid dienone is 2. The van der Waals surface area contributed by atoms with Gasteiger partial charge in [0.15, 0.2) is 0 Å². The number of halogens is 1. The third-order valence-electron chi connectivity index (χ3n) is 7.49. The van der Waals surface area contributed by atoms with Crippen molar-refractivity contribution in [3.8, 4) is 22.6 Å². The number of likely N-dealkylation sites (tertiary alicyclic amines) is 1. The molecule has 1 unspecified atom stereocenters. The summed E-state index contributed by atoms with van der Waals surface area (Å²) in [6.45, 7) is 13.0. The maximum absolute atomic E-state index is 13.7. The van der Waals surface area contributed by atoms with Gasteiger partial charge in [-0.25, -0.2) is 9.18 Å². The molecule has 1 amide bonds. The van der Waals surface area contributed by atoms with Crippen LogP contribution in [0.3, 0.4) is 0 Å². The van der Waals surface area contributed by atoms with E-state index in [1.165, 1.54) is 12.1 Å². The number of anilines is 1. The topological polar surface area (TPSA) is 79.6 Å². The molecule has 42 heavy (non-hydrogen) atoms. The Morgan fingerprint density at radius 2 is 1.88 bits per heavy atom. The van der Waals surface area contributed by atoms with E-state index in [4.69, 9.17) is 14.9 Å². The molecule has 0 bridgehead atoms. The Bertz CT molecular complexity index is 1470. The van der Waals surface area contributed by atoms with Gasteiger partial charge in [-0.3, -0.25) is 0 Å². The van der Waals surface area contributed by atoms with E-state index >= 15 is 0 Å². The summed E-state index contributed by atoms with van der Waals surface area (Å²) >= 11 is 0. The molecule has 1 aliphatic heterocycles. The van der Waals surface area contributed by atoms with Crippen LogP contribution < -0.4 is 10.1 Å². The molecular weight excluding hydrogens is 531 g/mol. The van der Waals surface area contributed by atoms with Crippen molar-refractivity contribution in [1.29, 1.82) is 5.41 Å². The number of hydrogen-bond donors (Lipinski definition) is 2. The van der Waals surface area contributed by atoms with Crippen LogP contribution in [0.2, 0.25) is 0 Å². The second kappa shape index (κ2) is 12.8. The summed E-state index contributed by atoms with van der Waals surface area (Å²) in [6, 6.07) is 13.8. The van der Waals surface area contributed by atoms with Crippen molar-refractivity contribution in [3.05, 3.63) is 77.3 Å². The zero-order valence-electron chi connectivity index (χ0n) is 25.8. The lowest BCUT2D eigenvalue weighted by Gasteiger charge is -2.36. The minimum Gasteiger partial charge on any atom is -0.457 e. The molecule has 3 aromatic rings. The number of carbonyl (C=O) groups is 1. The van der Waals surface area contributed by atoms with Gasteiger partial charge >= 0.3 is 6.09 Å². The highest BCUT2D eigenvalue weighted by Gasteiger charge is 2.33. The summed E-state index contributed by atoms with van der Waals surface area (Å²) in [5.74, 6) is 1.52. The molecule has 1 atom stereocenters. The zero-order valence-corrected chi connectivity index (χ0v) is 25.8. The third-order valence-corrected chi connectivity index (χ3v) is 7.49. The number of benzene rings is 2. The summed E-state index contributed by atoms with van der Waals surface area (Å²) in [4.78, 5) is 14.8. The first-order chi connectivity index (χ1) is 19.9. The largest absolute Gasteiger partial charge is 0.457 e. The Morgan fingerprint density at radius 3 is 2.50 bits per heavy atom. The van der Waals surface area contributed by atoms with Gasteiger partial charge in [-0.2, -0.15) is 0 Å². The van der Waals surface area contributed by atoms with Gasteiger partial charge in [0.25, 0.3) is 0 Å². The first-order valence-electron chi connectivity index (χ1n) is 14.6. The second-order valence-corrected chi connectivity index (χ2v) is 11.9. The van der Waals surface area contributed by atoms with Gasteiger partial charge in [0, 0.05) is 43.0 Å². The fraction of sp³-hybridized carbons (Fsp3) is 0.412. The van der Waals surface area contributed by atoms with Gasteiger partial charge in [-0.15, -0.1) is 0 Å². The molecule has 7 nitrogen and oxygen atoms in total. The molecule has 1 aromatic heterocycles. The van der Waals surface area contributed by atoms with E-state index in [9.17, 15) is 9.18 Å². The third kappa shape index (κ3) is 7.04. The smallest absolute Gasteiger partial charge is 0.410 e. The number of piperidine rings is 1. The van der Waals surface area contributed by atoms with Crippen molar-refractivity contribution in [2.45, 2.75) is 72.4 Å². The maximum atomic E-state index is 13.7. The standard InChI is InChI=1S/C34H43FN4O3/c1-8-22(2)19-29(36)31-30(24-14-16-27(17-15-24)41-28-13-9-11-25(35)20-28)23(3)39(32(31)37-7)26-12-10-18-38(21-26)33(40)42-34(4,5)6/h9,11,13-17,19-20,26,36-37H,8,10,12,18,21H2,1-7H3/b22-19+,36-29?. The van der Waals surface area contributed by atoms with Crippen LogP contribution in [0.5, 0.6) is 11.5 Å². The van der Waals surface area contributed by atoms with Crippen molar-refractivity contribution >= 4 is 17.6 Å². The minimum absolute atomic E-state index is 0.0147. The number of nitrogens with zero attached hydrogens (tertiary/aromatic N) is 2. The van der Waals surface area contributed by atoms with Crippen LogP contribution in [0.15, 0.2) is 60.2 Å². The Hall–Kier alpha value is -4.07. The Balaban J connectivity index is 1.76. The van der Waals surface area contributed by atoms with Crippen LogP contribution in [-0.4, -0.2) is 47.0 Å². The Labute approximate surface area is 248 Å². The van der Waals surface area contributed by atoms with Crippen LogP contribution in [0, 0.1) is 18.2 Å². The number of carbonyl (C=O) groups excluding carboxylic acids is 1. The van der Waals surface area contributed by atoms with Gasteiger partial charge in [0.05, 0.1) is 11.8 Å². The summed E-state index contributed by atoms with van der Waals surface area (Å²) < 4.78 is 27.5. The molecular formula is C34H43FN4O3. The number of aromatic nitrogens is 1. The van der Waals surface area contributed by atoms with Crippen LogP contribution in [0.4, 0.5) is 15.0 Å². The predicted octanol–water partition coefficient (Wildman–Crippen LogP) is 8.73. The van der Waals surface area contributed by atoms with Gasteiger partial charge in [0.2, 0.25) is 0 Å². The van der Waals surface area contributed by atoms with E-state index in [1.807, 2.05) is 65.1 Å². The van der Waals surface area contributed by atoms with Gasteiger partial charge in [-0.05, 0) is 89.8 Å². The molecule has 224 valence electrons. The fourth-order valence-corrected chi connectivity index (χ4v) is 5.46. The van der Waals surface area contributed by atoms with Gasteiger partial charge in [0.1, 0.15) is 28.7 Å². The van der Waals surface area contributed by atoms with E-state index in [0.29, 0.717) is 30.3 Å². The van der Waals surface area contributed by atoms with Crippen molar-refractivity contribution in [2.24, 2.45) is 0 Å². The molecule has 0 spiro atoms. The molecule has 2 heterocycles. The molecule has 2 aromatic carbocycles. The number of hydrogen-bond acceptors (Lipinski definition) is 5. The normalized spacial score (nSPS) is 15.9. The van der Waals surface area contributed by atoms with E-state index in [2.05, 4.69) is 23.7 Å². The van der Waals surface area contributed by atoms with Crippen LogP contribution >= 0.6 is 0 Å². The molecule has 4 rings (SSSR count). The van der Waals surface area contributed by atoms with E-state index < -0.39 is 5.60 Å². The lowest BCUT2D eigenvalue weighted by Crippen LogP contribution is -2.43. The van der Waals surface area contributed by atoms with Gasteiger partial charge < -0.3 is 29.7 Å². The molecule has 2 N–H and O–H groups in total. The Morgan fingerprint density at radius 1 is 1.17 bits per heavy atom. The SMILES string of the molecule is CC/C(C)=C/C(=N)c1c(-c2ccc(Oc3cccc(F)c3)cc2)c(C)n(C2CCCN(C(=O)OC(C)(C)C)C2)c1NC. The van der Waals surface area contributed by atoms with Crippen molar-refractivity contribution < 1.29 is 18.7 Å². The number of amides is 1. The minimum atomic E-state index is -0.563. The van der Waals surface area contributed by atoms with E-state index in [-0.39, 0.29) is 18.0 Å². The highest BCUT2D eigenvalue weighted by molar-refractivity contribution is 6.15. The number of nitrogens with one attached hydrogen (secondary N) is 2. The quantitative estimate of drug-likeness (QED) is 0.264. The lowest BCUT2D eigenvalue weighted by atomic mass is 9.97. The lowest BCUT2D eigenvalue weighted by molar-refractivity contribution is 0.0173. The van der Waals surface area contributed by atoms with Crippen LogP contribution in [-0.2, 0) is 4.74 Å². The van der Waals surface area contributed by atoms with Crippen molar-refractivity contribution in [1.82, 2.24) is 9.47 Å². The maximum Gasteiger partial charge on any atom is 0.410 e. The van der Waals surface area contributed by atoms with E-state index in [0.717, 1.165) is 53.0 Å². The fourth-order valence-electron chi connectivity index (χ4n) is 5.46. The first kappa shape index (κ1) is 30.9. The summed E-state index contributed by atoms with van der Waals surface area (Å²) in [5, 5.41) is 12.6. The monoisotopic (exact) mass is 574 g/mol. The average molecular weight is 575 g/mol. The predicted molar refractivity (Wildman–Crippen MR) is 168 cm³/mol. The molecule has 1 aliphatic rings. The molecule has 8 heteroatoms. The van der Waals surface area contributed by atoms with Crippen molar-refractivity contribution in [2.75, 3.05) is 25.5 Å². The average Bonchev–Trinajstić information content (AvgIpc) is 3.24. The van der Waals surface area contributed by atoms with Crippen LogP contribution in [0.25, 0.3) is 11.1 Å². The molecule has 0 saturated carbocycles. The van der Waals surface area contributed by atoms with E-state index in [1.54, 1.807) is 17.0 Å². The Kier molecular flexibility index (Phi) is 9.44. The van der Waals surface area contributed by atoms with Crippen molar-refractivity contribution in [3.63, 3.8) is 0 Å². The molecule has 1 fully saturated rings. The van der Waals surface area contributed by atoms with Gasteiger partial charge in [-0.1, -0.05) is 30.7 Å². The zero-order chi connectivity index (χ0) is 30.6. The summed E-state index contributed by atoms with van der Waals surface area (Å²) in [6.07, 6.45) is 4.24. The molecule has 1 saturated heterocycles. The first-order valence-corrected chi connectivity index (χ1v) is 14.6.